The molecule has 2 nitrogen and oxygen atoms in total. The Kier molecular flexibility index (Phi) is 5.77. The summed E-state index contributed by atoms with van der Waals surface area (Å²) in [5.41, 5.74) is 0.212. The first-order valence-corrected chi connectivity index (χ1v) is 6.90. The van der Waals surface area contributed by atoms with Crippen LogP contribution < -0.4 is 5.32 Å². The summed E-state index contributed by atoms with van der Waals surface area (Å²) in [6.45, 7) is 7.88. The number of rotatable bonds is 8. The lowest BCUT2D eigenvalue weighted by atomic mass is 9.75. The molecular weight excluding hydrogens is 198 g/mol. The Morgan fingerprint density at radius 1 is 1.25 bits per heavy atom. The summed E-state index contributed by atoms with van der Waals surface area (Å²) in [7, 11) is 1.88. The maximum absolute atomic E-state index is 5.72. The van der Waals surface area contributed by atoms with Gasteiger partial charge < -0.3 is 10.1 Å². The highest BCUT2D eigenvalue weighted by Crippen LogP contribution is 2.39. The molecule has 16 heavy (non-hydrogen) atoms. The Balaban J connectivity index is 2.37. The molecule has 0 heterocycles. The predicted octanol–water partition coefficient (Wildman–Crippen LogP) is 3.36. The summed E-state index contributed by atoms with van der Waals surface area (Å²) in [6, 6.07) is 0.646. The van der Waals surface area contributed by atoms with Gasteiger partial charge in [0, 0.05) is 13.2 Å². The fourth-order valence-corrected chi connectivity index (χ4v) is 2.61. The molecular formula is C14H29NO. The van der Waals surface area contributed by atoms with Gasteiger partial charge >= 0.3 is 0 Å². The molecule has 0 aromatic rings. The van der Waals surface area contributed by atoms with Crippen LogP contribution in [0.4, 0.5) is 0 Å². The van der Waals surface area contributed by atoms with Gasteiger partial charge in [-0.2, -0.15) is 0 Å². The molecule has 96 valence electrons. The third kappa shape index (κ3) is 4.06. The highest BCUT2D eigenvalue weighted by atomic mass is 16.5. The summed E-state index contributed by atoms with van der Waals surface area (Å²) in [5.74, 6) is 0.807. The molecule has 0 aliphatic heterocycles. The maximum atomic E-state index is 5.72. The van der Waals surface area contributed by atoms with Crippen LogP contribution in [0.3, 0.4) is 0 Å². The minimum Gasteiger partial charge on any atom is -0.378 e. The summed E-state index contributed by atoms with van der Waals surface area (Å²) >= 11 is 0. The lowest BCUT2D eigenvalue weighted by Gasteiger charge is -2.43. The van der Waals surface area contributed by atoms with Crippen molar-refractivity contribution in [2.24, 2.45) is 5.92 Å². The van der Waals surface area contributed by atoms with Crippen molar-refractivity contribution in [1.29, 1.82) is 0 Å². The van der Waals surface area contributed by atoms with Gasteiger partial charge in [-0.1, -0.05) is 20.8 Å². The van der Waals surface area contributed by atoms with E-state index < -0.39 is 0 Å². The van der Waals surface area contributed by atoms with Crippen LogP contribution >= 0.6 is 0 Å². The van der Waals surface area contributed by atoms with Gasteiger partial charge in [-0.05, 0) is 51.0 Å². The first-order valence-electron chi connectivity index (χ1n) is 6.90. The molecule has 1 atom stereocenters. The molecule has 1 aliphatic rings. The number of ether oxygens (including phenoxy) is 1. The average Bonchev–Trinajstić information content (AvgIpc) is 2.19. The molecule has 0 radical (unpaired) electrons. The molecule has 1 rings (SSSR count). The molecule has 0 saturated heterocycles. The summed E-state index contributed by atoms with van der Waals surface area (Å²) in [4.78, 5) is 0. The number of hydrogen-bond acceptors (Lipinski definition) is 2. The molecule has 1 aliphatic carbocycles. The maximum Gasteiger partial charge on any atom is 0.0693 e. The van der Waals surface area contributed by atoms with Crippen LogP contribution in [-0.2, 0) is 4.74 Å². The van der Waals surface area contributed by atoms with Crippen LogP contribution in [0.2, 0.25) is 0 Å². The van der Waals surface area contributed by atoms with E-state index in [1.165, 1.54) is 38.5 Å². The van der Waals surface area contributed by atoms with Crippen molar-refractivity contribution in [3.05, 3.63) is 0 Å². The van der Waals surface area contributed by atoms with Gasteiger partial charge in [0.1, 0.15) is 0 Å². The largest absolute Gasteiger partial charge is 0.378 e. The SMILES string of the molecule is CCNC(CCC(C)C)CC1(OC)CCC1. The second kappa shape index (κ2) is 6.61. The fourth-order valence-electron chi connectivity index (χ4n) is 2.61. The monoisotopic (exact) mass is 227 g/mol. The Labute approximate surface area is 101 Å². The van der Waals surface area contributed by atoms with E-state index >= 15 is 0 Å². The second-order valence-electron chi connectivity index (χ2n) is 5.67. The minimum absolute atomic E-state index is 0.212. The van der Waals surface area contributed by atoms with E-state index in [1.807, 2.05) is 7.11 Å². The van der Waals surface area contributed by atoms with Crippen LogP contribution in [0, 0.1) is 5.92 Å². The summed E-state index contributed by atoms with van der Waals surface area (Å²) in [5, 5.41) is 3.62. The first-order chi connectivity index (χ1) is 7.62. The van der Waals surface area contributed by atoms with Crippen molar-refractivity contribution in [2.75, 3.05) is 13.7 Å². The Morgan fingerprint density at radius 3 is 2.31 bits per heavy atom. The summed E-state index contributed by atoms with van der Waals surface area (Å²) < 4.78 is 5.72. The smallest absolute Gasteiger partial charge is 0.0693 e. The molecule has 0 bridgehead atoms. The van der Waals surface area contributed by atoms with Crippen LogP contribution in [0.5, 0.6) is 0 Å². The molecule has 1 unspecified atom stereocenters. The molecule has 0 spiro atoms. The molecule has 2 heteroatoms. The Morgan fingerprint density at radius 2 is 1.94 bits per heavy atom. The highest BCUT2D eigenvalue weighted by Gasteiger charge is 2.38. The van der Waals surface area contributed by atoms with Gasteiger partial charge in [-0.3, -0.25) is 0 Å². The van der Waals surface area contributed by atoms with Crippen molar-refractivity contribution >= 4 is 0 Å². The normalized spacial score (nSPS) is 20.8. The third-order valence-electron chi connectivity index (χ3n) is 3.90. The molecule has 0 amide bonds. The quantitative estimate of drug-likeness (QED) is 0.686. The van der Waals surface area contributed by atoms with E-state index in [9.17, 15) is 0 Å². The number of methoxy groups -OCH3 is 1. The zero-order valence-electron chi connectivity index (χ0n) is 11.5. The van der Waals surface area contributed by atoms with E-state index in [0.717, 1.165) is 12.5 Å². The fraction of sp³-hybridized carbons (Fsp3) is 1.00. The Bertz CT molecular complexity index is 182. The lowest BCUT2D eigenvalue weighted by Crippen LogP contribution is -2.46. The van der Waals surface area contributed by atoms with E-state index in [2.05, 4.69) is 26.1 Å². The molecule has 1 fully saturated rings. The Hall–Kier alpha value is -0.0800. The van der Waals surface area contributed by atoms with Gasteiger partial charge in [-0.15, -0.1) is 0 Å². The van der Waals surface area contributed by atoms with Crippen molar-refractivity contribution in [3.8, 4) is 0 Å². The van der Waals surface area contributed by atoms with Gasteiger partial charge in [0.05, 0.1) is 5.60 Å². The average molecular weight is 227 g/mol. The van der Waals surface area contributed by atoms with E-state index in [4.69, 9.17) is 4.74 Å². The number of nitrogens with one attached hydrogen (secondary N) is 1. The van der Waals surface area contributed by atoms with Crippen LogP contribution in [0.1, 0.15) is 59.3 Å². The van der Waals surface area contributed by atoms with Crippen LogP contribution in [0.25, 0.3) is 0 Å². The first kappa shape index (κ1) is 14.0. The highest BCUT2D eigenvalue weighted by molar-refractivity contribution is 4.93. The number of hydrogen-bond donors (Lipinski definition) is 1. The van der Waals surface area contributed by atoms with Crippen LogP contribution in [0.15, 0.2) is 0 Å². The standard InChI is InChI=1S/C14H29NO/c1-5-15-13(8-7-12(2)3)11-14(16-4)9-6-10-14/h12-13,15H,5-11H2,1-4H3. The van der Waals surface area contributed by atoms with Crippen molar-refractivity contribution < 1.29 is 4.74 Å². The van der Waals surface area contributed by atoms with E-state index in [-0.39, 0.29) is 5.60 Å². The predicted molar refractivity (Wildman–Crippen MR) is 69.7 cm³/mol. The second-order valence-corrected chi connectivity index (χ2v) is 5.67. The topological polar surface area (TPSA) is 21.3 Å². The zero-order valence-corrected chi connectivity index (χ0v) is 11.5. The van der Waals surface area contributed by atoms with Crippen molar-refractivity contribution in [1.82, 2.24) is 5.32 Å². The molecule has 0 aromatic heterocycles. The van der Waals surface area contributed by atoms with E-state index in [1.54, 1.807) is 0 Å². The molecule has 1 saturated carbocycles. The van der Waals surface area contributed by atoms with Gasteiger partial charge in [0.2, 0.25) is 0 Å². The van der Waals surface area contributed by atoms with Crippen LogP contribution in [-0.4, -0.2) is 25.3 Å². The van der Waals surface area contributed by atoms with Gasteiger partial charge in [0.25, 0.3) is 0 Å². The molecule has 1 N–H and O–H groups in total. The third-order valence-corrected chi connectivity index (χ3v) is 3.90. The van der Waals surface area contributed by atoms with Gasteiger partial charge in [-0.25, -0.2) is 0 Å². The van der Waals surface area contributed by atoms with Gasteiger partial charge in [0.15, 0.2) is 0 Å². The lowest BCUT2D eigenvalue weighted by molar-refractivity contribution is -0.0840. The minimum atomic E-state index is 0.212. The van der Waals surface area contributed by atoms with Crippen molar-refractivity contribution in [2.45, 2.75) is 70.9 Å². The summed E-state index contributed by atoms with van der Waals surface area (Å²) in [6.07, 6.45) is 7.66. The molecule has 0 aromatic carbocycles. The van der Waals surface area contributed by atoms with Crippen molar-refractivity contribution in [3.63, 3.8) is 0 Å². The van der Waals surface area contributed by atoms with E-state index in [0.29, 0.717) is 6.04 Å². The zero-order chi connectivity index (χ0) is 12.0.